The Bertz CT molecular complexity index is 338. The van der Waals surface area contributed by atoms with E-state index >= 15 is 0 Å². The summed E-state index contributed by atoms with van der Waals surface area (Å²) in [7, 11) is -0.888. The van der Waals surface area contributed by atoms with Gasteiger partial charge in [-0.3, -0.25) is 0 Å². The monoisotopic (exact) mass is 262 g/mol. The first-order valence-corrected chi connectivity index (χ1v) is 10.6. The number of unbranched alkanes of at least 4 members (excludes halogenated alkanes) is 2. The van der Waals surface area contributed by atoms with Crippen molar-refractivity contribution in [2.24, 2.45) is 0 Å². The highest BCUT2D eigenvalue weighted by Crippen LogP contribution is 2.11. The minimum atomic E-state index is -0.888. The van der Waals surface area contributed by atoms with Crippen molar-refractivity contribution in [1.29, 1.82) is 0 Å². The molecule has 0 aliphatic rings. The second-order valence-electron chi connectivity index (χ2n) is 5.89. The number of ether oxygens (including phenoxy) is 1. The quantitative estimate of drug-likeness (QED) is 0.358. The van der Waals surface area contributed by atoms with Gasteiger partial charge in [0.05, 0.1) is 6.61 Å². The van der Waals surface area contributed by atoms with Crippen molar-refractivity contribution in [1.82, 2.24) is 0 Å². The van der Waals surface area contributed by atoms with Gasteiger partial charge < -0.3 is 4.74 Å². The van der Waals surface area contributed by atoms with Crippen LogP contribution in [0.4, 0.5) is 0 Å². The summed E-state index contributed by atoms with van der Waals surface area (Å²) < 4.78 is 5.65. The molecule has 0 saturated carbocycles. The Morgan fingerprint density at radius 3 is 2.39 bits per heavy atom. The van der Waals surface area contributed by atoms with Crippen LogP contribution in [0.5, 0.6) is 5.75 Å². The molecule has 100 valence electrons. The summed E-state index contributed by atoms with van der Waals surface area (Å²) in [5, 5.41) is 0. The first kappa shape index (κ1) is 15.0. The zero-order valence-electron chi connectivity index (χ0n) is 12.0. The molecule has 0 unspecified atom stereocenters. The van der Waals surface area contributed by atoms with E-state index in [4.69, 9.17) is 4.74 Å². The molecule has 0 aliphatic heterocycles. The highest BCUT2D eigenvalue weighted by molar-refractivity contribution is 6.76. The van der Waals surface area contributed by atoms with Gasteiger partial charge >= 0.3 is 0 Å². The lowest BCUT2D eigenvalue weighted by Crippen LogP contribution is -2.17. The number of allylic oxidation sites excluding steroid dienone is 2. The fraction of sp³-hybridized carbons (Fsp3) is 0.500. The lowest BCUT2D eigenvalue weighted by Gasteiger charge is -2.11. The van der Waals surface area contributed by atoms with Crippen LogP contribution in [0, 0.1) is 0 Å². The molecule has 0 radical (unpaired) electrons. The molecular weight excluding hydrogens is 236 g/mol. The molecule has 0 amide bonds. The first-order chi connectivity index (χ1) is 8.58. The van der Waals surface area contributed by atoms with Crippen molar-refractivity contribution in [2.75, 3.05) is 6.61 Å². The maximum absolute atomic E-state index is 5.65. The van der Waals surface area contributed by atoms with Gasteiger partial charge in [0.15, 0.2) is 0 Å². The summed E-state index contributed by atoms with van der Waals surface area (Å²) in [6.45, 7) is 8.05. The van der Waals surface area contributed by atoms with Crippen molar-refractivity contribution in [2.45, 2.75) is 44.9 Å². The number of para-hydroxylation sites is 1. The average Bonchev–Trinajstić information content (AvgIpc) is 2.32. The Kier molecular flexibility index (Phi) is 6.80. The molecule has 1 nitrogen and oxygen atoms in total. The van der Waals surface area contributed by atoms with E-state index in [0.717, 1.165) is 18.8 Å². The minimum Gasteiger partial charge on any atom is -0.494 e. The SMILES string of the molecule is C[Si](C)(C)C/C=C/CCCCOc1ccccc1. The lowest BCUT2D eigenvalue weighted by atomic mass is 10.2. The Morgan fingerprint density at radius 1 is 1.00 bits per heavy atom. The predicted octanol–water partition coefficient (Wildman–Crippen LogP) is 5.13. The van der Waals surface area contributed by atoms with Crippen LogP contribution in [0.25, 0.3) is 0 Å². The predicted molar refractivity (Wildman–Crippen MR) is 83.1 cm³/mol. The van der Waals surface area contributed by atoms with Crippen LogP contribution in [-0.4, -0.2) is 14.7 Å². The standard InChI is InChI=1S/C16H26OSi/c1-18(2,3)15-11-6-4-5-10-14-17-16-12-8-7-9-13-16/h6-9,11-13H,4-5,10,14-15H2,1-3H3/b11-6+. The maximum atomic E-state index is 5.65. The van der Waals surface area contributed by atoms with E-state index < -0.39 is 8.07 Å². The number of hydrogen-bond acceptors (Lipinski definition) is 1. The summed E-state index contributed by atoms with van der Waals surface area (Å²) in [6.07, 6.45) is 8.23. The molecule has 0 bridgehead atoms. The van der Waals surface area contributed by atoms with Crippen molar-refractivity contribution >= 4 is 8.07 Å². The first-order valence-electron chi connectivity index (χ1n) is 6.91. The van der Waals surface area contributed by atoms with Gasteiger partial charge in [-0.1, -0.05) is 50.0 Å². The molecule has 0 saturated heterocycles. The zero-order valence-corrected chi connectivity index (χ0v) is 13.0. The van der Waals surface area contributed by atoms with Gasteiger partial charge in [-0.15, -0.1) is 0 Å². The van der Waals surface area contributed by atoms with Crippen LogP contribution in [-0.2, 0) is 0 Å². The van der Waals surface area contributed by atoms with Crippen molar-refractivity contribution in [3.8, 4) is 5.75 Å². The molecule has 0 atom stereocenters. The zero-order chi connectivity index (χ0) is 13.3. The van der Waals surface area contributed by atoms with Gasteiger partial charge in [-0.25, -0.2) is 0 Å². The van der Waals surface area contributed by atoms with Crippen LogP contribution in [0.15, 0.2) is 42.5 Å². The minimum absolute atomic E-state index is 0.825. The fourth-order valence-electron chi connectivity index (χ4n) is 1.63. The van der Waals surface area contributed by atoms with Crippen LogP contribution in [0.1, 0.15) is 19.3 Å². The Morgan fingerprint density at radius 2 is 1.72 bits per heavy atom. The molecule has 0 heterocycles. The maximum Gasteiger partial charge on any atom is 0.119 e. The summed E-state index contributed by atoms with van der Waals surface area (Å²) in [4.78, 5) is 0. The Balaban J connectivity index is 1.99. The van der Waals surface area contributed by atoms with Gasteiger partial charge in [0.25, 0.3) is 0 Å². The average molecular weight is 262 g/mol. The molecule has 0 aromatic heterocycles. The van der Waals surface area contributed by atoms with E-state index in [-0.39, 0.29) is 0 Å². The van der Waals surface area contributed by atoms with Crippen LogP contribution >= 0.6 is 0 Å². The molecule has 0 N–H and O–H groups in total. The van der Waals surface area contributed by atoms with E-state index in [2.05, 4.69) is 31.8 Å². The van der Waals surface area contributed by atoms with Gasteiger partial charge in [0, 0.05) is 8.07 Å². The van der Waals surface area contributed by atoms with E-state index in [0.29, 0.717) is 0 Å². The lowest BCUT2D eigenvalue weighted by molar-refractivity contribution is 0.307. The third-order valence-corrected chi connectivity index (χ3v) is 4.13. The van der Waals surface area contributed by atoms with Crippen LogP contribution in [0.2, 0.25) is 25.7 Å². The molecule has 1 rings (SSSR count). The molecule has 1 aromatic rings. The second kappa shape index (κ2) is 8.14. The summed E-state index contributed by atoms with van der Waals surface area (Å²) in [5.41, 5.74) is 0. The molecule has 0 aliphatic carbocycles. The highest BCUT2D eigenvalue weighted by atomic mass is 28.3. The molecule has 0 spiro atoms. The van der Waals surface area contributed by atoms with Crippen LogP contribution in [0.3, 0.4) is 0 Å². The Hall–Kier alpha value is -1.02. The van der Waals surface area contributed by atoms with Crippen molar-refractivity contribution in [3.63, 3.8) is 0 Å². The second-order valence-corrected chi connectivity index (χ2v) is 11.4. The van der Waals surface area contributed by atoms with E-state index in [1.807, 2.05) is 30.3 Å². The fourth-order valence-corrected chi connectivity index (χ4v) is 2.50. The van der Waals surface area contributed by atoms with E-state index in [9.17, 15) is 0 Å². The largest absolute Gasteiger partial charge is 0.494 e. The topological polar surface area (TPSA) is 9.23 Å². The molecular formula is C16H26OSi. The Labute approximate surface area is 113 Å². The van der Waals surface area contributed by atoms with Gasteiger partial charge in [-0.05, 0) is 37.4 Å². The smallest absolute Gasteiger partial charge is 0.119 e. The molecule has 2 heteroatoms. The highest BCUT2D eigenvalue weighted by Gasteiger charge is 2.08. The summed E-state index contributed by atoms with van der Waals surface area (Å²) in [5.74, 6) is 0.978. The normalized spacial score (nSPS) is 11.9. The number of benzene rings is 1. The van der Waals surface area contributed by atoms with Crippen LogP contribution < -0.4 is 4.74 Å². The summed E-state index contributed by atoms with van der Waals surface area (Å²) in [6, 6.07) is 11.3. The van der Waals surface area contributed by atoms with Gasteiger partial charge in [-0.2, -0.15) is 0 Å². The number of hydrogen-bond donors (Lipinski definition) is 0. The van der Waals surface area contributed by atoms with Gasteiger partial charge in [0.1, 0.15) is 5.75 Å². The van der Waals surface area contributed by atoms with E-state index in [1.54, 1.807) is 0 Å². The molecule has 0 fully saturated rings. The third-order valence-electron chi connectivity index (χ3n) is 2.67. The van der Waals surface area contributed by atoms with Gasteiger partial charge in [0.2, 0.25) is 0 Å². The van der Waals surface area contributed by atoms with Crippen molar-refractivity contribution < 1.29 is 4.74 Å². The molecule has 18 heavy (non-hydrogen) atoms. The number of rotatable bonds is 8. The summed E-state index contributed by atoms with van der Waals surface area (Å²) >= 11 is 0. The van der Waals surface area contributed by atoms with Crippen molar-refractivity contribution in [3.05, 3.63) is 42.5 Å². The third kappa shape index (κ3) is 8.12. The molecule has 1 aromatic carbocycles. The van der Waals surface area contributed by atoms with E-state index in [1.165, 1.54) is 18.9 Å².